The van der Waals surface area contributed by atoms with Crippen LogP contribution in [0.25, 0.3) is 11.1 Å². The molecule has 0 heterocycles. The summed E-state index contributed by atoms with van der Waals surface area (Å²) in [7, 11) is -4.11. The van der Waals surface area contributed by atoms with E-state index in [1.807, 2.05) is 0 Å². The molecule has 0 aliphatic carbocycles. The molecule has 39 heavy (non-hydrogen) atoms. The molecule has 0 unspecified atom stereocenters. The molecule has 11 heteroatoms. The van der Waals surface area contributed by atoms with Crippen molar-refractivity contribution >= 4 is 39.5 Å². The molecule has 0 aromatic heterocycles. The first-order chi connectivity index (χ1) is 18.6. The van der Waals surface area contributed by atoms with Gasteiger partial charge in [-0.05, 0) is 60.2 Å². The molecule has 3 rings (SSSR count). The SMILES string of the molecule is O=C(CC[C@H](C(=O)O)c1ccccc1)NCCC[C@H](NS(=O)(=O)c1ccc(-c2ccc(Cl)cc2)cc1)C(=O)O. The van der Waals surface area contributed by atoms with Crippen LogP contribution in [0.1, 0.15) is 37.2 Å². The largest absolute Gasteiger partial charge is 0.481 e. The van der Waals surface area contributed by atoms with Gasteiger partial charge in [-0.2, -0.15) is 4.72 Å². The molecular weight excluding hydrogens is 544 g/mol. The Labute approximate surface area is 231 Å². The first kappa shape index (κ1) is 29.8. The minimum absolute atomic E-state index is 0.0210. The first-order valence-corrected chi connectivity index (χ1v) is 14.1. The average molecular weight is 573 g/mol. The number of nitrogens with one attached hydrogen (secondary N) is 2. The predicted octanol–water partition coefficient (Wildman–Crippen LogP) is 4.28. The van der Waals surface area contributed by atoms with E-state index in [-0.39, 0.29) is 43.0 Å². The molecular formula is C28H29ClN2O7S. The second-order valence-electron chi connectivity index (χ2n) is 8.88. The van der Waals surface area contributed by atoms with Gasteiger partial charge in [0.05, 0.1) is 10.8 Å². The molecule has 0 spiro atoms. The summed E-state index contributed by atoms with van der Waals surface area (Å²) in [5.41, 5.74) is 2.23. The number of carbonyl (C=O) groups is 3. The van der Waals surface area contributed by atoms with Crippen molar-refractivity contribution in [2.45, 2.75) is 42.5 Å². The highest BCUT2D eigenvalue weighted by molar-refractivity contribution is 7.89. The number of amides is 1. The molecule has 3 aromatic rings. The first-order valence-electron chi connectivity index (χ1n) is 12.2. The van der Waals surface area contributed by atoms with Gasteiger partial charge in [0.1, 0.15) is 6.04 Å². The summed E-state index contributed by atoms with van der Waals surface area (Å²) >= 11 is 5.90. The third-order valence-corrected chi connectivity index (χ3v) is 7.83. The number of halogens is 1. The highest BCUT2D eigenvalue weighted by Gasteiger charge is 2.25. The lowest BCUT2D eigenvalue weighted by Gasteiger charge is -2.16. The molecule has 206 valence electrons. The van der Waals surface area contributed by atoms with Crippen molar-refractivity contribution in [1.29, 1.82) is 0 Å². The van der Waals surface area contributed by atoms with E-state index in [0.717, 1.165) is 11.1 Å². The number of hydrogen-bond donors (Lipinski definition) is 4. The Morgan fingerprint density at radius 2 is 1.38 bits per heavy atom. The number of rotatable bonds is 14. The third kappa shape index (κ3) is 8.91. The minimum Gasteiger partial charge on any atom is -0.481 e. The maximum absolute atomic E-state index is 12.8. The summed E-state index contributed by atoms with van der Waals surface area (Å²) in [4.78, 5) is 35.4. The van der Waals surface area contributed by atoms with Crippen LogP contribution in [0.3, 0.4) is 0 Å². The van der Waals surface area contributed by atoms with Crippen molar-refractivity contribution < 1.29 is 33.0 Å². The lowest BCUT2D eigenvalue weighted by Crippen LogP contribution is -2.41. The molecule has 0 bridgehead atoms. The fourth-order valence-corrected chi connectivity index (χ4v) is 5.32. The van der Waals surface area contributed by atoms with Crippen molar-refractivity contribution in [2.24, 2.45) is 0 Å². The fraction of sp³-hybridized carbons (Fsp3) is 0.250. The summed E-state index contributed by atoms with van der Waals surface area (Å²) in [6, 6.07) is 20.3. The lowest BCUT2D eigenvalue weighted by molar-refractivity contribution is -0.140. The van der Waals surface area contributed by atoms with Crippen molar-refractivity contribution in [2.75, 3.05) is 6.54 Å². The second kappa shape index (κ2) is 13.9. The number of hydrogen-bond acceptors (Lipinski definition) is 5. The van der Waals surface area contributed by atoms with Gasteiger partial charge in [-0.15, -0.1) is 0 Å². The number of benzene rings is 3. The van der Waals surface area contributed by atoms with Gasteiger partial charge in [0.15, 0.2) is 0 Å². The zero-order valence-electron chi connectivity index (χ0n) is 20.9. The quantitative estimate of drug-likeness (QED) is 0.210. The van der Waals surface area contributed by atoms with Crippen LogP contribution >= 0.6 is 11.6 Å². The van der Waals surface area contributed by atoms with Crippen molar-refractivity contribution in [3.05, 3.63) is 89.4 Å². The van der Waals surface area contributed by atoms with Crippen LogP contribution in [0.4, 0.5) is 0 Å². The Hall–Kier alpha value is -3.73. The van der Waals surface area contributed by atoms with E-state index in [1.165, 1.54) is 12.1 Å². The molecule has 0 saturated heterocycles. The second-order valence-corrected chi connectivity index (χ2v) is 11.0. The van der Waals surface area contributed by atoms with Crippen LogP contribution in [0.15, 0.2) is 83.8 Å². The zero-order chi connectivity index (χ0) is 28.4. The molecule has 2 atom stereocenters. The molecule has 3 aromatic carbocycles. The lowest BCUT2D eigenvalue weighted by atomic mass is 9.94. The van der Waals surface area contributed by atoms with E-state index in [2.05, 4.69) is 10.0 Å². The molecule has 4 N–H and O–H groups in total. The van der Waals surface area contributed by atoms with E-state index in [4.69, 9.17) is 11.6 Å². The van der Waals surface area contributed by atoms with Gasteiger partial charge in [0.2, 0.25) is 15.9 Å². The van der Waals surface area contributed by atoms with Gasteiger partial charge in [-0.25, -0.2) is 8.42 Å². The van der Waals surface area contributed by atoms with Gasteiger partial charge >= 0.3 is 11.9 Å². The van der Waals surface area contributed by atoms with Gasteiger partial charge in [-0.1, -0.05) is 66.2 Å². The van der Waals surface area contributed by atoms with Crippen LogP contribution in [0, 0.1) is 0 Å². The minimum atomic E-state index is -4.11. The zero-order valence-corrected chi connectivity index (χ0v) is 22.5. The van der Waals surface area contributed by atoms with E-state index in [0.29, 0.717) is 10.6 Å². The van der Waals surface area contributed by atoms with E-state index in [1.54, 1.807) is 66.7 Å². The van der Waals surface area contributed by atoms with Gasteiger partial charge in [0, 0.05) is 18.0 Å². The highest BCUT2D eigenvalue weighted by atomic mass is 35.5. The van der Waals surface area contributed by atoms with Crippen LogP contribution in [0.2, 0.25) is 5.02 Å². The summed E-state index contributed by atoms with van der Waals surface area (Å²) < 4.78 is 27.8. The van der Waals surface area contributed by atoms with Crippen molar-refractivity contribution in [3.8, 4) is 11.1 Å². The van der Waals surface area contributed by atoms with Crippen LogP contribution in [-0.2, 0) is 24.4 Å². The molecule has 0 saturated carbocycles. The van der Waals surface area contributed by atoms with Crippen LogP contribution in [-0.4, -0.2) is 49.1 Å². The molecule has 0 aliphatic heterocycles. The number of aliphatic carboxylic acids is 2. The number of sulfonamides is 1. The van der Waals surface area contributed by atoms with E-state index < -0.39 is 33.9 Å². The Kier molecular flexibility index (Phi) is 10.6. The summed E-state index contributed by atoms with van der Waals surface area (Å²) in [6.45, 7) is 0.114. The van der Waals surface area contributed by atoms with Gasteiger partial charge < -0.3 is 15.5 Å². The van der Waals surface area contributed by atoms with Gasteiger partial charge in [-0.3, -0.25) is 14.4 Å². The maximum Gasteiger partial charge on any atom is 0.321 e. The van der Waals surface area contributed by atoms with Crippen LogP contribution in [0.5, 0.6) is 0 Å². The van der Waals surface area contributed by atoms with E-state index >= 15 is 0 Å². The summed E-state index contributed by atoms with van der Waals surface area (Å²) in [5.74, 6) is -3.55. The van der Waals surface area contributed by atoms with Crippen LogP contribution < -0.4 is 10.0 Å². The molecule has 0 fully saturated rings. The number of carboxylic acid groups (broad SMARTS) is 2. The van der Waals surface area contributed by atoms with Crippen molar-refractivity contribution in [3.63, 3.8) is 0 Å². The summed E-state index contributed by atoms with van der Waals surface area (Å²) in [5, 5.41) is 22.2. The number of carbonyl (C=O) groups excluding carboxylic acids is 1. The third-order valence-electron chi connectivity index (χ3n) is 6.09. The van der Waals surface area contributed by atoms with Gasteiger partial charge in [0.25, 0.3) is 0 Å². The Bertz CT molecular complexity index is 1380. The fourth-order valence-electron chi connectivity index (χ4n) is 3.97. The number of carboxylic acids is 2. The highest BCUT2D eigenvalue weighted by Crippen LogP contribution is 2.24. The monoisotopic (exact) mass is 572 g/mol. The Balaban J connectivity index is 1.49. The summed E-state index contributed by atoms with van der Waals surface area (Å²) in [6.07, 6.45) is 0.230. The Morgan fingerprint density at radius 3 is 1.95 bits per heavy atom. The standard InChI is InChI=1S/C28H29ClN2O7S/c29-22-12-8-19(9-13-22)20-10-14-23(15-11-20)39(37,38)31-25(28(35)36)7-4-18-30-26(32)17-16-24(27(33)34)21-5-2-1-3-6-21/h1-3,5-6,8-15,24-25,31H,4,7,16-18H2,(H,30,32)(H,33,34)(H,35,36)/t24-,25-/m0/s1. The average Bonchev–Trinajstić information content (AvgIpc) is 2.91. The Morgan fingerprint density at radius 1 is 0.795 bits per heavy atom. The predicted molar refractivity (Wildman–Crippen MR) is 147 cm³/mol. The molecule has 0 radical (unpaired) electrons. The maximum atomic E-state index is 12.8. The van der Waals surface area contributed by atoms with Crippen molar-refractivity contribution in [1.82, 2.24) is 10.0 Å². The smallest absolute Gasteiger partial charge is 0.321 e. The molecule has 1 amide bonds. The normalized spacial score (nSPS) is 12.8. The molecule has 0 aliphatic rings. The topological polar surface area (TPSA) is 150 Å². The van der Waals surface area contributed by atoms with E-state index in [9.17, 15) is 33.0 Å². The molecule has 9 nitrogen and oxygen atoms in total.